The van der Waals surface area contributed by atoms with Crippen LogP contribution in [-0.2, 0) is 0 Å². The summed E-state index contributed by atoms with van der Waals surface area (Å²) in [5.41, 5.74) is 0.817. The summed E-state index contributed by atoms with van der Waals surface area (Å²) in [6.45, 7) is 15.2. The molecule has 24 heavy (non-hydrogen) atoms. The Kier molecular flexibility index (Phi) is 6.94. The Morgan fingerprint density at radius 3 is 2.29 bits per heavy atom. The van der Waals surface area contributed by atoms with E-state index in [9.17, 15) is 5.11 Å². The van der Waals surface area contributed by atoms with Crippen LogP contribution in [0.4, 0.5) is 0 Å². The van der Waals surface area contributed by atoms with Crippen LogP contribution in [0.2, 0.25) is 18.1 Å². The van der Waals surface area contributed by atoms with Crippen LogP contribution < -0.4 is 9.16 Å². The second-order valence-corrected chi connectivity index (χ2v) is 12.9. The molecule has 4 heteroatoms. The third-order valence-electron chi connectivity index (χ3n) is 4.41. The zero-order chi connectivity index (χ0) is 18.5. The first-order valence-corrected chi connectivity index (χ1v) is 11.4. The molecule has 1 N–H and O–H groups in total. The number of rotatable bonds is 5. The van der Waals surface area contributed by atoms with Crippen LogP contribution >= 0.6 is 0 Å². The van der Waals surface area contributed by atoms with Crippen molar-refractivity contribution in [1.29, 1.82) is 0 Å². The molecular formula is C20H32O3Si. The van der Waals surface area contributed by atoms with Crippen LogP contribution in [0.15, 0.2) is 18.2 Å². The maximum atomic E-state index is 9.88. The largest absolute Gasteiger partial charge is 0.541 e. The Morgan fingerprint density at radius 2 is 1.79 bits per heavy atom. The van der Waals surface area contributed by atoms with Gasteiger partial charge in [-0.3, -0.25) is 0 Å². The molecule has 0 aromatic heterocycles. The Bertz CT molecular complexity index is 604. The molecule has 1 atom stereocenters. The Morgan fingerprint density at radius 1 is 1.17 bits per heavy atom. The van der Waals surface area contributed by atoms with Crippen molar-refractivity contribution in [3.8, 4) is 23.3 Å². The van der Waals surface area contributed by atoms with Crippen LogP contribution in [0.3, 0.4) is 0 Å². The third kappa shape index (κ3) is 5.88. The highest BCUT2D eigenvalue weighted by atomic mass is 28.4. The van der Waals surface area contributed by atoms with E-state index in [1.165, 1.54) is 0 Å². The fraction of sp³-hybridized carbons (Fsp3) is 0.600. The summed E-state index contributed by atoms with van der Waals surface area (Å²) < 4.78 is 11.8. The lowest BCUT2D eigenvalue weighted by Crippen LogP contribution is -2.43. The van der Waals surface area contributed by atoms with Crippen LogP contribution in [0.25, 0.3) is 0 Å². The summed E-state index contributed by atoms with van der Waals surface area (Å²) in [5.74, 6) is 7.78. The average Bonchev–Trinajstić information content (AvgIpc) is 2.43. The van der Waals surface area contributed by atoms with Gasteiger partial charge in [-0.25, -0.2) is 0 Å². The van der Waals surface area contributed by atoms with Crippen molar-refractivity contribution in [1.82, 2.24) is 0 Å². The van der Waals surface area contributed by atoms with Crippen molar-refractivity contribution < 1.29 is 14.3 Å². The molecule has 3 nitrogen and oxygen atoms in total. The van der Waals surface area contributed by atoms with Gasteiger partial charge in [-0.15, -0.1) is 0 Å². The van der Waals surface area contributed by atoms with Crippen molar-refractivity contribution in [2.24, 2.45) is 5.92 Å². The fourth-order valence-electron chi connectivity index (χ4n) is 1.93. The smallest absolute Gasteiger partial charge is 0.250 e. The van der Waals surface area contributed by atoms with E-state index in [1.54, 1.807) is 7.11 Å². The maximum Gasteiger partial charge on any atom is 0.250 e. The lowest BCUT2D eigenvalue weighted by molar-refractivity contribution is 0.204. The Hall–Kier alpha value is -1.44. The second-order valence-electron chi connectivity index (χ2n) is 8.14. The van der Waals surface area contributed by atoms with E-state index in [-0.39, 0.29) is 5.04 Å². The molecule has 0 saturated heterocycles. The van der Waals surface area contributed by atoms with Crippen molar-refractivity contribution in [3.63, 3.8) is 0 Å². The minimum absolute atomic E-state index is 0.122. The molecule has 0 radical (unpaired) electrons. The van der Waals surface area contributed by atoms with Gasteiger partial charge in [-0.2, -0.15) is 0 Å². The van der Waals surface area contributed by atoms with E-state index in [2.05, 4.69) is 59.6 Å². The Labute approximate surface area is 148 Å². The summed E-state index contributed by atoms with van der Waals surface area (Å²) in [7, 11) is -0.284. The van der Waals surface area contributed by atoms with Gasteiger partial charge in [0.25, 0.3) is 8.32 Å². The van der Waals surface area contributed by atoms with Gasteiger partial charge < -0.3 is 14.3 Å². The summed E-state index contributed by atoms with van der Waals surface area (Å²) in [5, 5.41) is 10.0. The van der Waals surface area contributed by atoms with Crippen molar-refractivity contribution in [3.05, 3.63) is 23.8 Å². The highest BCUT2D eigenvalue weighted by molar-refractivity contribution is 6.74. The van der Waals surface area contributed by atoms with E-state index in [4.69, 9.17) is 9.16 Å². The fourth-order valence-corrected chi connectivity index (χ4v) is 2.95. The van der Waals surface area contributed by atoms with Gasteiger partial charge in [-0.05, 0) is 48.7 Å². The Balaban J connectivity index is 3.00. The van der Waals surface area contributed by atoms with Crippen LogP contribution in [-0.4, -0.2) is 26.6 Å². The molecule has 0 amide bonds. The predicted molar refractivity (Wildman–Crippen MR) is 103 cm³/mol. The molecule has 0 aliphatic carbocycles. The van der Waals surface area contributed by atoms with Crippen molar-refractivity contribution in [2.45, 2.75) is 65.3 Å². The quantitative estimate of drug-likeness (QED) is 0.611. The highest BCUT2D eigenvalue weighted by Gasteiger charge is 2.39. The summed E-state index contributed by atoms with van der Waals surface area (Å²) in [6, 6.07) is 5.70. The maximum absolute atomic E-state index is 9.88. The molecule has 0 heterocycles. The van der Waals surface area contributed by atoms with E-state index in [0.717, 1.165) is 11.3 Å². The SMILES string of the molecule is COc1cc(C#C[C@H](O)CC(C)C)ccc1O[Si](C)(C)C(C)(C)C. The van der Waals surface area contributed by atoms with Gasteiger partial charge in [0.15, 0.2) is 5.75 Å². The van der Waals surface area contributed by atoms with E-state index < -0.39 is 14.4 Å². The summed E-state index contributed by atoms with van der Waals surface area (Å²) >= 11 is 0. The lowest BCUT2D eigenvalue weighted by atomic mass is 10.1. The molecule has 0 saturated carbocycles. The van der Waals surface area contributed by atoms with Gasteiger partial charge >= 0.3 is 0 Å². The van der Waals surface area contributed by atoms with E-state index >= 15 is 0 Å². The molecule has 134 valence electrons. The standard InChI is InChI=1S/C20H32O3Si/c1-15(2)13-17(21)11-9-16-10-12-18(19(14-16)22-6)23-24(7,8)20(3,4)5/h10,12,14-15,17,21H,13H2,1-8H3/t17-/m0/s1. The topological polar surface area (TPSA) is 38.7 Å². The van der Waals surface area contributed by atoms with Crippen molar-refractivity contribution in [2.75, 3.05) is 7.11 Å². The van der Waals surface area contributed by atoms with Gasteiger partial charge in [0, 0.05) is 5.56 Å². The van der Waals surface area contributed by atoms with Gasteiger partial charge in [0.05, 0.1) is 7.11 Å². The molecule has 0 aliphatic heterocycles. The molecule has 1 aromatic carbocycles. The number of aliphatic hydroxyl groups is 1. The highest BCUT2D eigenvalue weighted by Crippen LogP contribution is 2.40. The number of hydrogen-bond donors (Lipinski definition) is 1. The first-order valence-electron chi connectivity index (χ1n) is 8.53. The van der Waals surface area contributed by atoms with E-state index in [1.807, 2.05) is 18.2 Å². The molecule has 0 unspecified atom stereocenters. The number of benzene rings is 1. The second kappa shape index (κ2) is 8.09. The summed E-state index contributed by atoms with van der Waals surface area (Å²) in [4.78, 5) is 0. The molecule has 0 bridgehead atoms. The summed E-state index contributed by atoms with van der Waals surface area (Å²) in [6.07, 6.45) is 0.0793. The number of methoxy groups -OCH3 is 1. The molecular weight excluding hydrogens is 316 g/mol. The van der Waals surface area contributed by atoms with Gasteiger partial charge in [-0.1, -0.05) is 46.5 Å². The minimum atomic E-state index is -1.92. The van der Waals surface area contributed by atoms with E-state index in [0.29, 0.717) is 18.1 Å². The minimum Gasteiger partial charge on any atom is -0.541 e. The van der Waals surface area contributed by atoms with Crippen molar-refractivity contribution >= 4 is 8.32 Å². The molecule has 0 fully saturated rings. The molecule has 1 rings (SSSR count). The molecule has 1 aromatic rings. The van der Waals surface area contributed by atoms with Crippen LogP contribution in [0.5, 0.6) is 11.5 Å². The van der Waals surface area contributed by atoms with Crippen LogP contribution in [0.1, 0.15) is 46.6 Å². The first kappa shape index (κ1) is 20.6. The normalized spacial score (nSPS) is 13.2. The van der Waals surface area contributed by atoms with Gasteiger partial charge in [0.1, 0.15) is 11.9 Å². The van der Waals surface area contributed by atoms with Crippen LogP contribution in [0, 0.1) is 17.8 Å². The molecule has 0 spiro atoms. The monoisotopic (exact) mass is 348 g/mol. The predicted octanol–water partition coefficient (Wildman–Crippen LogP) is 4.84. The first-order chi connectivity index (χ1) is 11.0. The third-order valence-corrected chi connectivity index (χ3v) is 8.76. The number of hydrogen-bond acceptors (Lipinski definition) is 3. The zero-order valence-electron chi connectivity index (χ0n) is 16.4. The average molecular weight is 349 g/mol. The van der Waals surface area contributed by atoms with Gasteiger partial charge in [0.2, 0.25) is 0 Å². The zero-order valence-corrected chi connectivity index (χ0v) is 17.4. The number of ether oxygens (including phenoxy) is 1. The molecule has 0 aliphatic rings. The number of aliphatic hydroxyl groups excluding tert-OH is 1. The lowest BCUT2D eigenvalue weighted by Gasteiger charge is -2.36.